The van der Waals surface area contributed by atoms with Gasteiger partial charge >= 0.3 is 72.2 Å². The molecule has 4 heteroatoms. The summed E-state index contributed by atoms with van der Waals surface area (Å²) in [5.74, 6) is 0. The first-order valence-corrected chi connectivity index (χ1v) is 7.79. The summed E-state index contributed by atoms with van der Waals surface area (Å²) in [6, 6.07) is 9.79. The minimum atomic E-state index is -1.77. The monoisotopic (exact) mass is 236 g/mol. The average Bonchev–Trinajstić information content (AvgIpc) is 2.06. The van der Waals surface area contributed by atoms with Crippen LogP contribution in [0.5, 0.6) is 0 Å². The van der Waals surface area contributed by atoms with Crippen molar-refractivity contribution in [3.05, 3.63) is 30.3 Å². The fraction of sp³-hybridized carbons (Fsp3) is 0.143. The van der Waals surface area contributed by atoms with Crippen LogP contribution in [0.3, 0.4) is 0 Å². The van der Waals surface area contributed by atoms with Gasteiger partial charge in [-0.3, -0.25) is 0 Å². The predicted molar refractivity (Wildman–Crippen MR) is 47.8 cm³/mol. The Morgan fingerprint density at radius 1 is 1.36 bits per heavy atom. The van der Waals surface area contributed by atoms with E-state index in [4.69, 9.17) is 4.52 Å². The van der Waals surface area contributed by atoms with Gasteiger partial charge in [0.25, 0.3) is 0 Å². The van der Waals surface area contributed by atoms with Gasteiger partial charge in [-0.1, -0.05) is 0 Å². The number of rotatable bonds is 3. The summed E-state index contributed by atoms with van der Waals surface area (Å²) in [5, 5.41) is 0. The van der Waals surface area contributed by atoms with Crippen LogP contribution in [0.25, 0.3) is 0 Å². The number of hydrogen-bond donors (Lipinski definition) is 0. The zero-order valence-electron chi connectivity index (χ0n) is 6.11. The van der Waals surface area contributed by atoms with Gasteiger partial charge in [-0.25, -0.2) is 0 Å². The summed E-state index contributed by atoms with van der Waals surface area (Å²) in [4.78, 5) is 0. The zero-order chi connectivity index (χ0) is 8.10. The Morgan fingerprint density at radius 3 is 2.55 bits per heavy atom. The third kappa shape index (κ3) is 3.22. The van der Waals surface area contributed by atoms with E-state index in [1.165, 1.54) is 7.11 Å². The van der Waals surface area contributed by atoms with Crippen molar-refractivity contribution in [2.75, 3.05) is 7.11 Å². The molecule has 0 fully saturated rings. The molecule has 1 atom stereocenters. The topological polar surface area (TPSA) is 26.3 Å². The third-order valence-corrected chi connectivity index (χ3v) is 6.00. The van der Waals surface area contributed by atoms with E-state index in [2.05, 4.69) is 0 Å². The SMILES string of the molecule is CO[PH](=O)[Se]c1ccccc1. The molecule has 0 aliphatic heterocycles. The van der Waals surface area contributed by atoms with Crippen molar-refractivity contribution in [1.29, 1.82) is 0 Å². The van der Waals surface area contributed by atoms with Crippen molar-refractivity contribution in [3.8, 4) is 0 Å². The maximum absolute atomic E-state index is 11.0. The van der Waals surface area contributed by atoms with E-state index in [0.717, 1.165) is 4.46 Å². The van der Waals surface area contributed by atoms with E-state index in [9.17, 15) is 4.57 Å². The summed E-state index contributed by atoms with van der Waals surface area (Å²) >= 11 is 0.000671. The summed E-state index contributed by atoms with van der Waals surface area (Å²) in [6.45, 7) is -1.77. The van der Waals surface area contributed by atoms with Gasteiger partial charge in [0.15, 0.2) is 0 Å². The van der Waals surface area contributed by atoms with Gasteiger partial charge in [-0.05, 0) is 0 Å². The van der Waals surface area contributed by atoms with Crippen molar-refractivity contribution >= 4 is 25.7 Å². The zero-order valence-corrected chi connectivity index (χ0v) is 8.82. The first kappa shape index (κ1) is 9.02. The predicted octanol–water partition coefficient (Wildman–Crippen LogP) is 1.05. The Hall–Kier alpha value is -0.0705. The molecule has 1 rings (SSSR count). The summed E-state index contributed by atoms with van der Waals surface area (Å²) in [5.41, 5.74) is 0. The normalized spacial score (nSPS) is 12.8. The molecule has 0 radical (unpaired) electrons. The number of benzene rings is 1. The molecule has 11 heavy (non-hydrogen) atoms. The molecule has 0 spiro atoms. The molecular formula is C7H9O2PSe. The van der Waals surface area contributed by atoms with Crippen LogP contribution in [0.1, 0.15) is 0 Å². The second kappa shape index (κ2) is 4.74. The van der Waals surface area contributed by atoms with Gasteiger partial charge in [0.2, 0.25) is 0 Å². The van der Waals surface area contributed by atoms with Gasteiger partial charge in [0, 0.05) is 0 Å². The average molecular weight is 235 g/mol. The van der Waals surface area contributed by atoms with Crippen LogP contribution in [-0.2, 0) is 9.09 Å². The van der Waals surface area contributed by atoms with Gasteiger partial charge in [0.05, 0.1) is 0 Å². The van der Waals surface area contributed by atoms with E-state index in [-0.39, 0.29) is 14.5 Å². The van der Waals surface area contributed by atoms with E-state index >= 15 is 0 Å². The Labute approximate surface area is 72.6 Å². The van der Waals surface area contributed by atoms with Crippen molar-refractivity contribution in [3.63, 3.8) is 0 Å². The first-order valence-electron chi connectivity index (χ1n) is 3.14. The quantitative estimate of drug-likeness (QED) is 0.578. The Morgan fingerprint density at radius 2 is 2.00 bits per heavy atom. The molecular weight excluding hydrogens is 226 g/mol. The van der Waals surface area contributed by atoms with E-state index in [0.29, 0.717) is 0 Å². The van der Waals surface area contributed by atoms with Crippen LogP contribution in [0, 0.1) is 0 Å². The second-order valence-corrected chi connectivity index (χ2v) is 7.35. The summed E-state index contributed by atoms with van der Waals surface area (Å²) < 4.78 is 16.8. The second-order valence-electron chi connectivity index (χ2n) is 1.87. The van der Waals surface area contributed by atoms with Crippen molar-refractivity contribution in [1.82, 2.24) is 0 Å². The summed E-state index contributed by atoms with van der Waals surface area (Å²) in [6.07, 6.45) is 0. The molecule has 0 bridgehead atoms. The standard InChI is InChI=1S/C7H9O2PSe/c1-9-10(8)11-7-5-3-2-4-6-7/h2-6,10H,1H3. The molecule has 0 aromatic heterocycles. The maximum atomic E-state index is 11.0. The van der Waals surface area contributed by atoms with E-state index in [1.54, 1.807) is 0 Å². The Kier molecular flexibility index (Phi) is 3.88. The van der Waals surface area contributed by atoms with Crippen LogP contribution in [0.15, 0.2) is 30.3 Å². The minimum absolute atomic E-state index is 0.000671. The molecule has 2 nitrogen and oxygen atoms in total. The van der Waals surface area contributed by atoms with Crippen LogP contribution in [0.4, 0.5) is 0 Å². The molecule has 0 amide bonds. The van der Waals surface area contributed by atoms with Crippen molar-refractivity contribution in [2.24, 2.45) is 0 Å². The van der Waals surface area contributed by atoms with Crippen molar-refractivity contribution < 1.29 is 9.09 Å². The van der Waals surface area contributed by atoms with Crippen LogP contribution in [-0.4, -0.2) is 21.6 Å². The molecule has 0 saturated carbocycles. The van der Waals surface area contributed by atoms with Crippen LogP contribution in [0.2, 0.25) is 0 Å². The molecule has 0 saturated heterocycles. The Balaban J connectivity index is 2.58. The van der Waals surface area contributed by atoms with E-state index < -0.39 is 6.72 Å². The van der Waals surface area contributed by atoms with Crippen LogP contribution < -0.4 is 4.46 Å². The van der Waals surface area contributed by atoms with Crippen LogP contribution >= 0.6 is 6.72 Å². The summed E-state index contributed by atoms with van der Waals surface area (Å²) in [7, 11) is 1.49. The Bertz CT molecular complexity index is 237. The van der Waals surface area contributed by atoms with Gasteiger partial charge < -0.3 is 0 Å². The fourth-order valence-electron chi connectivity index (χ4n) is 0.626. The van der Waals surface area contributed by atoms with E-state index in [1.807, 2.05) is 30.3 Å². The molecule has 1 aromatic rings. The molecule has 0 aliphatic carbocycles. The molecule has 0 heterocycles. The van der Waals surface area contributed by atoms with Gasteiger partial charge in [-0.2, -0.15) is 0 Å². The molecule has 1 aromatic carbocycles. The molecule has 1 unspecified atom stereocenters. The molecule has 60 valence electrons. The third-order valence-electron chi connectivity index (χ3n) is 1.11. The number of hydrogen-bond acceptors (Lipinski definition) is 2. The van der Waals surface area contributed by atoms with Gasteiger partial charge in [0.1, 0.15) is 0 Å². The first-order chi connectivity index (χ1) is 5.33. The van der Waals surface area contributed by atoms with Crippen molar-refractivity contribution in [2.45, 2.75) is 0 Å². The fourth-order valence-corrected chi connectivity index (χ4v) is 3.96. The molecule has 0 N–H and O–H groups in total. The molecule has 0 aliphatic rings. The van der Waals surface area contributed by atoms with Gasteiger partial charge in [-0.15, -0.1) is 0 Å².